The number of carbonyl (C=O) groups excluding carboxylic acids is 1. The van der Waals surface area contributed by atoms with Crippen molar-refractivity contribution in [3.63, 3.8) is 0 Å². The van der Waals surface area contributed by atoms with Gasteiger partial charge < -0.3 is 20.1 Å². The zero-order valence-electron chi connectivity index (χ0n) is 11.8. The van der Waals surface area contributed by atoms with Crippen LogP contribution in [0.15, 0.2) is 24.3 Å². The number of hydrogen-bond acceptors (Lipinski definition) is 4. The van der Waals surface area contributed by atoms with E-state index in [1.165, 1.54) is 0 Å². The number of benzene rings is 1. The number of methoxy groups -OCH3 is 1. The van der Waals surface area contributed by atoms with E-state index >= 15 is 0 Å². The van der Waals surface area contributed by atoms with Gasteiger partial charge in [0.2, 0.25) is 5.91 Å². The Morgan fingerprint density at radius 1 is 1.35 bits per heavy atom. The SMILES string of the molecule is COc1ccc(C(O)CNCC(=O)N2CCCC2)cc1. The van der Waals surface area contributed by atoms with Crippen LogP contribution < -0.4 is 10.1 Å². The lowest BCUT2D eigenvalue weighted by atomic mass is 10.1. The molecule has 1 heterocycles. The quantitative estimate of drug-likeness (QED) is 0.813. The van der Waals surface area contributed by atoms with Gasteiger partial charge in [-0.05, 0) is 30.5 Å². The molecular formula is C15H22N2O3. The van der Waals surface area contributed by atoms with Gasteiger partial charge in [-0.2, -0.15) is 0 Å². The summed E-state index contributed by atoms with van der Waals surface area (Å²) in [6.45, 7) is 2.38. The average molecular weight is 278 g/mol. The number of carbonyl (C=O) groups is 1. The van der Waals surface area contributed by atoms with Crippen LogP contribution in [0.2, 0.25) is 0 Å². The number of amides is 1. The first-order chi connectivity index (χ1) is 9.70. The molecule has 1 aliphatic rings. The van der Waals surface area contributed by atoms with E-state index in [9.17, 15) is 9.90 Å². The first kappa shape index (κ1) is 14.8. The van der Waals surface area contributed by atoms with Gasteiger partial charge >= 0.3 is 0 Å². The van der Waals surface area contributed by atoms with Crippen molar-refractivity contribution in [2.75, 3.05) is 33.3 Å². The van der Waals surface area contributed by atoms with Gasteiger partial charge in [-0.15, -0.1) is 0 Å². The smallest absolute Gasteiger partial charge is 0.236 e. The van der Waals surface area contributed by atoms with E-state index in [1.807, 2.05) is 29.2 Å². The molecule has 0 saturated carbocycles. The van der Waals surface area contributed by atoms with Crippen LogP contribution >= 0.6 is 0 Å². The molecule has 1 aromatic carbocycles. The van der Waals surface area contributed by atoms with Crippen molar-refractivity contribution in [1.82, 2.24) is 10.2 Å². The zero-order chi connectivity index (χ0) is 14.4. The maximum absolute atomic E-state index is 11.8. The Kier molecular flexibility index (Phi) is 5.38. The van der Waals surface area contributed by atoms with E-state index in [4.69, 9.17) is 4.74 Å². The van der Waals surface area contributed by atoms with Gasteiger partial charge in [0.15, 0.2) is 0 Å². The fraction of sp³-hybridized carbons (Fsp3) is 0.533. The summed E-state index contributed by atoms with van der Waals surface area (Å²) in [6.07, 6.45) is 1.58. The lowest BCUT2D eigenvalue weighted by Crippen LogP contribution is -2.37. The Bertz CT molecular complexity index is 427. The van der Waals surface area contributed by atoms with Crippen molar-refractivity contribution in [3.05, 3.63) is 29.8 Å². The van der Waals surface area contributed by atoms with Crippen molar-refractivity contribution < 1.29 is 14.6 Å². The van der Waals surface area contributed by atoms with E-state index in [1.54, 1.807) is 7.11 Å². The molecule has 110 valence electrons. The van der Waals surface area contributed by atoms with Crippen LogP contribution in [0.5, 0.6) is 5.75 Å². The molecule has 1 unspecified atom stereocenters. The zero-order valence-corrected chi connectivity index (χ0v) is 11.8. The molecule has 1 atom stereocenters. The second-order valence-corrected chi connectivity index (χ2v) is 5.01. The highest BCUT2D eigenvalue weighted by molar-refractivity contribution is 5.78. The van der Waals surface area contributed by atoms with Crippen LogP contribution in [-0.2, 0) is 4.79 Å². The predicted octanol–water partition coefficient (Wildman–Crippen LogP) is 0.941. The fourth-order valence-electron chi connectivity index (χ4n) is 2.34. The van der Waals surface area contributed by atoms with E-state index in [0.717, 1.165) is 37.2 Å². The molecule has 0 aliphatic carbocycles. The molecule has 1 aromatic rings. The minimum atomic E-state index is -0.618. The monoisotopic (exact) mass is 278 g/mol. The largest absolute Gasteiger partial charge is 0.497 e. The number of likely N-dealkylation sites (tertiary alicyclic amines) is 1. The Morgan fingerprint density at radius 2 is 2.00 bits per heavy atom. The molecule has 20 heavy (non-hydrogen) atoms. The minimum absolute atomic E-state index is 0.115. The molecule has 0 bridgehead atoms. The summed E-state index contributed by atoms with van der Waals surface area (Å²) >= 11 is 0. The first-order valence-corrected chi connectivity index (χ1v) is 7.01. The molecule has 2 N–H and O–H groups in total. The van der Waals surface area contributed by atoms with Gasteiger partial charge in [0, 0.05) is 19.6 Å². The van der Waals surface area contributed by atoms with Crippen molar-refractivity contribution in [1.29, 1.82) is 0 Å². The third kappa shape index (κ3) is 3.95. The first-order valence-electron chi connectivity index (χ1n) is 7.01. The normalized spacial score (nSPS) is 16.2. The van der Waals surface area contributed by atoms with Crippen LogP contribution in [0.4, 0.5) is 0 Å². The Balaban J connectivity index is 1.73. The fourth-order valence-corrected chi connectivity index (χ4v) is 2.34. The number of nitrogens with one attached hydrogen (secondary N) is 1. The Morgan fingerprint density at radius 3 is 2.60 bits per heavy atom. The molecule has 5 heteroatoms. The molecule has 1 amide bonds. The van der Waals surface area contributed by atoms with Crippen LogP contribution in [0, 0.1) is 0 Å². The molecule has 0 spiro atoms. The summed E-state index contributed by atoms with van der Waals surface area (Å²) in [7, 11) is 1.61. The molecule has 1 saturated heterocycles. The highest BCUT2D eigenvalue weighted by Crippen LogP contribution is 2.16. The lowest BCUT2D eigenvalue weighted by molar-refractivity contribution is -0.129. The Labute approximate surface area is 119 Å². The number of nitrogens with zero attached hydrogens (tertiary/aromatic N) is 1. The second kappa shape index (κ2) is 7.26. The standard InChI is InChI=1S/C15H22N2O3/c1-20-13-6-4-12(5-7-13)14(18)10-16-11-15(19)17-8-2-3-9-17/h4-7,14,16,18H,2-3,8-11H2,1H3. The van der Waals surface area contributed by atoms with Gasteiger partial charge in [-0.1, -0.05) is 12.1 Å². The number of aliphatic hydroxyl groups excluding tert-OH is 1. The summed E-state index contributed by atoms with van der Waals surface area (Å²) in [5.74, 6) is 0.877. The van der Waals surface area contributed by atoms with E-state index in [0.29, 0.717) is 6.54 Å². The lowest BCUT2D eigenvalue weighted by Gasteiger charge is -2.17. The maximum Gasteiger partial charge on any atom is 0.236 e. The summed E-state index contributed by atoms with van der Waals surface area (Å²) in [4.78, 5) is 13.7. The summed E-state index contributed by atoms with van der Waals surface area (Å²) in [6, 6.07) is 7.28. The van der Waals surface area contributed by atoms with Gasteiger partial charge in [0.1, 0.15) is 5.75 Å². The number of ether oxygens (including phenoxy) is 1. The van der Waals surface area contributed by atoms with Crippen molar-refractivity contribution in [2.45, 2.75) is 18.9 Å². The van der Waals surface area contributed by atoms with Crippen LogP contribution in [0.3, 0.4) is 0 Å². The van der Waals surface area contributed by atoms with Crippen molar-refractivity contribution in [2.24, 2.45) is 0 Å². The van der Waals surface area contributed by atoms with E-state index in [2.05, 4.69) is 5.32 Å². The minimum Gasteiger partial charge on any atom is -0.497 e. The van der Waals surface area contributed by atoms with E-state index in [-0.39, 0.29) is 12.5 Å². The maximum atomic E-state index is 11.8. The highest BCUT2D eigenvalue weighted by atomic mass is 16.5. The van der Waals surface area contributed by atoms with Gasteiger partial charge in [0.25, 0.3) is 0 Å². The summed E-state index contributed by atoms with van der Waals surface area (Å²) in [5, 5.41) is 13.1. The number of rotatable bonds is 6. The van der Waals surface area contributed by atoms with E-state index < -0.39 is 6.10 Å². The Hall–Kier alpha value is -1.59. The van der Waals surface area contributed by atoms with Gasteiger partial charge in [-0.25, -0.2) is 0 Å². The third-order valence-corrected chi connectivity index (χ3v) is 3.57. The van der Waals surface area contributed by atoms with Crippen molar-refractivity contribution in [3.8, 4) is 5.75 Å². The molecule has 5 nitrogen and oxygen atoms in total. The summed E-state index contributed by atoms with van der Waals surface area (Å²) < 4.78 is 5.07. The molecule has 2 rings (SSSR count). The van der Waals surface area contributed by atoms with Crippen LogP contribution in [0.1, 0.15) is 24.5 Å². The van der Waals surface area contributed by atoms with Gasteiger partial charge in [0.05, 0.1) is 19.8 Å². The van der Waals surface area contributed by atoms with Gasteiger partial charge in [-0.3, -0.25) is 4.79 Å². The average Bonchev–Trinajstić information content (AvgIpc) is 3.01. The molecule has 1 aliphatic heterocycles. The summed E-state index contributed by atoms with van der Waals surface area (Å²) in [5.41, 5.74) is 0.812. The second-order valence-electron chi connectivity index (χ2n) is 5.01. The molecule has 0 aromatic heterocycles. The number of aliphatic hydroxyl groups is 1. The number of hydrogen-bond donors (Lipinski definition) is 2. The molecular weight excluding hydrogens is 256 g/mol. The van der Waals surface area contributed by atoms with Crippen molar-refractivity contribution >= 4 is 5.91 Å². The highest BCUT2D eigenvalue weighted by Gasteiger charge is 2.17. The third-order valence-electron chi connectivity index (χ3n) is 3.57. The topological polar surface area (TPSA) is 61.8 Å². The van der Waals surface area contributed by atoms with Crippen LogP contribution in [0.25, 0.3) is 0 Å². The molecule has 1 fully saturated rings. The van der Waals surface area contributed by atoms with Crippen LogP contribution in [-0.4, -0.2) is 49.2 Å². The predicted molar refractivity (Wildman–Crippen MR) is 76.6 cm³/mol. The molecule has 0 radical (unpaired) electrons.